The molecule has 1 aliphatic rings. The van der Waals surface area contributed by atoms with Crippen LogP contribution in [0.2, 0.25) is 0 Å². The van der Waals surface area contributed by atoms with Gasteiger partial charge in [0.2, 0.25) is 0 Å². The minimum Gasteiger partial charge on any atom is -0.448 e. The molecular formula is C15H18F3N3O5. The number of ether oxygens (including phenoxy) is 3. The molecule has 0 unspecified atom stereocenters. The summed E-state index contributed by atoms with van der Waals surface area (Å²) in [4.78, 5) is 26.6. The van der Waals surface area contributed by atoms with E-state index >= 15 is 0 Å². The number of benzene rings is 1. The molecule has 0 aromatic heterocycles. The molecule has 1 heterocycles. The van der Waals surface area contributed by atoms with E-state index in [4.69, 9.17) is 15.2 Å². The lowest BCUT2D eigenvalue weighted by atomic mass is 10.3. The molecular weight excluding hydrogens is 359 g/mol. The van der Waals surface area contributed by atoms with Crippen molar-refractivity contribution >= 4 is 12.2 Å². The lowest BCUT2D eigenvalue weighted by molar-refractivity contribution is -0.274. The van der Waals surface area contributed by atoms with Crippen LogP contribution < -0.4 is 15.2 Å². The minimum absolute atomic E-state index is 0.0781. The summed E-state index contributed by atoms with van der Waals surface area (Å²) >= 11 is 0. The molecule has 144 valence electrons. The van der Waals surface area contributed by atoms with Crippen LogP contribution in [0.3, 0.4) is 0 Å². The van der Waals surface area contributed by atoms with Crippen molar-refractivity contribution in [3.8, 4) is 11.5 Å². The van der Waals surface area contributed by atoms with Gasteiger partial charge in [0.25, 0.3) is 0 Å². The Balaban J connectivity index is 1.81. The number of carbonyl (C=O) groups is 2. The summed E-state index contributed by atoms with van der Waals surface area (Å²) in [6.07, 6.45) is -5.95. The van der Waals surface area contributed by atoms with Gasteiger partial charge in [0.1, 0.15) is 18.1 Å². The highest BCUT2D eigenvalue weighted by Crippen LogP contribution is 2.25. The zero-order valence-electron chi connectivity index (χ0n) is 13.7. The summed E-state index contributed by atoms with van der Waals surface area (Å²) in [5, 5.41) is 0. The van der Waals surface area contributed by atoms with Crippen LogP contribution in [0.1, 0.15) is 0 Å². The normalized spacial score (nSPS) is 14.8. The van der Waals surface area contributed by atoms with Gasteiger partial charge in [0.15, 0.2) is 0 Å². The van der Waals surface area contributed by atoms with E-state index in [0.29, 0.717) is 0 Å². The molecule has 1 aromatic rings. The van der Waals surface area contributed by atoms with Crippen molar-refractivity contribution in [2.75, 3.05) is 39.3 Å². The van der Waals surface area contributed by atoms with Gasteiger partial charge in [-0.15, -0.1) is 13.2 Å². The van der Waals surface area contributed by atoms with Crippen LogP contribution in [0, 0.1) is 0 Å². The lowest BCUT2D eigenvalue weighted by Crippen LogP contribution is -2.51. The van der Waals surface area contributed by atoms with E-state index in [9.17, 15) is 22.8 Å². The van der Waals surface area contributed by atoms with Crippen molar-refractivity contribution in [2.45, 2.75) is 6.36 Å². The molecule has 1 aromatic carbocycles. The van der Waals surface area contributed by atoms with Gasteiger partial charge in [0.05, 0.1) is 0 Å². The summed E-state index contributed by atoms with van der Waals surface area (Å²) in [6, 6.07) is 4.47. The Bertz CT molecular complexity index is 616. The maximum Gasteiger partial charge on any atom is 0.573 e. The summed E-state index contributed by atoms with van der Waals surface area (Å²) in [5.41, 5.74) is 5.25. The van der Waals surface area contributed by atoms with Gasteiger partial charge in [0, 0.05) is 32.7 Å². The van der Waals surface area contributed by atoms with Crippen molar-refractivity contribution in [1.29, 1.82) is 0 Å². The quantitative estimate of drug-likeness (QED) is 0.860. The number of hydrogen-bond donors (Lipinski definition) is 1. The van der Waals surface area contributed by atoms with E-state index in [0.717, 1.165) is 12.1 Å². The molecule has 0 aliphatic carbocycles. The third kappa shape index (κ3) is 5.99. The molecule has 0 bridgehead atoms. The van der Waals surface area contributed by atoms with E-state index in [1.807, 2.05) is 0 Å². The number of nitrogens with two attached hydrogens (primary N) is 1. The van der Waals surface area contributed by atoms with Crippen molar-refractivity contribution in [3.05, 3.63) is 24.3 Å². The topological polar surface area (TPSA) is 94.3 Å². The second kappa shape index (κ2) is 8.61. The van der Waals surface area contributed by atoms with E-state index in [2.05, 4.69) is 4.74 Å². The maximum atomic E-state index is 12.1. The fourth-order valence-electron chi connectivity index (χ4n) is 2.18. The monoisotopic (exact) mass is 377 g/mol. The number of piperazine rings is 1. The molecule has 0 spiro atoms. The third-order valence-electron chi connectivity index (χ3n) is 3.40. The minimum atomic E-state index is -4.79. The SMILES string of the molecule is NCCOC(=O)N1CCN(C(=O)Oc2ccc(OC(F)(F)F)cc2)CC1. The van der Waals surface area contributed by atoms with Crippen LogP contribution >= 0.6 is 0 Å². The molecule has 1 fully saturated rings. The Kier molecular flexibility index (Phi) is 6.50. The molecule has 0 saturated carbocycles. The molecule has 2 N–H and O–H groups in total. The van der Waals surface area contributed by atoms with Crippen LogP contribution in [-0.2, 0) is 4.74 Å². The van der Waals surface area contributed by atoms with Gasteiger partial charge in [-0.05, 0) is 24.3 Å². The average molecular weight is 377 g/mol. The van der Waals surface area contributed by atoms with E-state index < -0.39 is 24.3 Å². The zero-order valence-corrected chi connectivity index (χ0v) is 13.7. The van der Waals surface area contributed by atoms with Crippen molar-refractivity contribution in [3.63, 3.8) is 0 Å². The molecule has 11 heteroatoms. The highest BCUT2D eigenvalue weighted by Gasteiger charge is 2.31. The summed E-state index contributed by atoms with van der Waals surface area (Å²) in [6.45, 7) is 1.38. The largest absolute Gasteiger partial charge is 0.573 e. The van der Waals surface area contributed by atoms with E-state index in [1.54, 1.807) is 0 Å². The highest BCUT2D eigenvalue weighted by atomic mass is 19.4. The number of nitrogens with zero attached hydrogens (tertiary/aromatic N) is 2. The van der Waals surface area contributed by atoms with Gasteiger partial charge in [-0.1, -0.05) is 0 Å². The second-order valence-corrected chi connectivity index (χ2v) is 5.26. The lowest BCUT2D eigenvalue weighted by Gasteiger charge is -2.33. The van der Waals surface area contributed by atoms with Gasteiger partial charge >= 0.3 is 18.5 Å². The van der Waals surface area contributed by atoms with Gasteiger partial charge in [-0.3, -0.25) is 0 Å². The number of hydrogen-bond acceptors (Lipinski definition) is 6. The Labute approximate surface area is 147 Å². The molecule has 8 nitrogen and oxygen atoms in total. The predicted molar refractivity (Wildman–Crippen MR) is 82.7 cm³/mol. The fraction of sp³-hybridized carbons (Fsp3) is 0.467. The second-order valence-electron chi connectivity index (χ2n) is 5.26. The van der Waals surface area contributed by atoms with Crippen molar-refractivity contribution < 1.29 is 37.0 Å². The van der Waals surface area contributed by atoms with Gasteiger partial charge in [-0.2, -0.15) is 0 Å². The van der Waals surface area contributed by atoms with Crippen LogP contribution in [0.25, 0.3) is 0 Å². The Morgan fingerprint density at radius 3 is 1.96 bits per heavy atom. The predicted octanol–water partition coefficient (Wildman–Crippen LogP) is 1.80. The first kappa shape index (κ1) is 19.6. The molecule has 0 atom stereocenters. The zero-order chi connectivity index (χ0) is 19.2. The molecule has 2 amide bonds. The molecule has 1 aliphatic heterocycles. The maximum absolute atomic E-state index is 12.1. The number of halogens is 3. The molecule has 1 saturated heterocycles. The standard InChI is InChI=1S/C15H18F3N3O5/c16-15(17,18)26-12-3-1-11(2-4-12)25-14(23)21-8-6-20(7-9-21)13(22)24-10-5-19/h1-4H,5-10,19H2. The number of amides is 2. The average Bonchev–Trinajstić information content (AvgIpc) is 2.60. The smallest absolute Gasteiger partial charge is 0.448 e. The number of alkyl halides is 3. The van der Waals surface area contributed by atoms with Crippen molar-refractivity contribution in [1.82, 2.24) is 9.80 Å². The summed E-state index contributed by atoms with van der Waals surface area (Å²) in [7, 11) is 0. The third-order valence-corrected chi connectivity index (χ3v) is 3.40. The Hall–Kier alpha value is -2.69. The van der Waals surface area contributed by atoms with Crippen LogP contribution in [0.5, 0.6) is 11.5 Å². The summed E-state index contributed by atoms with van der Waals surface area (Å²) < 4.78 is 50.0. The highest BCUT2D eigenvalue weighted by molar-refractivity contribution is 5.72. The Morgan fingerprint density at radius 1 is 0.962 bits per heavy atom. The van der Waals surface area contributed by atoms with Gasteiger partial charge < -0.3 is 29.7 Å². The van der Waals surface area contributed by atoms with Crippen molar-refractivity contribution in [2.24, 2.45) is 5.73 Å². The molecule has 2 rings (SSSR count). The van der Waals surface area contributed by atoms with E-state index in [-0.39, 0.29) is 45.1 Å². The van der Waals surface area contributed by atoms with Crippen LogP contribution in [0.15, 0.2) is 24.3 Å². The van der Waals surface area contributed by atoms with Gasteiger partial charge in [-0.25, -0.2) is 9.59 Å². The first-order valence-electron chi connectivity index (χ1n) is 7.73. The van der Waals surface area contributed by atoms with E-state index in [1.165, 1.54) is 21.9 Å². The molecule has 0 radical (unpaired) electrons. The summed E-state index contributed by atoms with van der Waals surface area (Å²) in [5.74, 6) is -0.337. The fourth-order valence-corrected chi connectivity index (χ4v) is 2.18. The van der Waals surface area contributed by atoms with Crippen LogP contribution in [0.4, 0.5) is 22.8 Å². The number of rotatable bonds is 4. The van der Waals surface area contributed by atoms with Crippen LogP contribution in [-0.4, -0.2) is 67.7 Å². The first-order chi connectivity index (χ1) is 12.3. The first-order valence-corrected chi connectivity index (χ1v) is 7.73. The Morgan fingerprint density at radius 2 is 1.46 bits per heavy atom. The molecule has 26 heavy (non-hydrogen) atoms. The number of carbonyl (C=O) groups excluding carboxylic acids is 2.